The van der Waals surface area contributed by atoms with Crippen LogP contribution in [0.4, 0.5) is 0 Å². The van der Waals surface area contributed by atoms with E-state index < -0.39 is 6.10 Å². The van der Waals surface area contributed by atoms with Gasteiger partial charge in [0, 0.05) is 20.3 Å². The fraction of sp³-hybridized carbons (Fsp3) is 1.00. The first kappa shape index (κ1) is 20.8. The van der Waals surface area contributed by atoms with Gasteiger partial charge in [0.25, 0.3) is 0 Å². The molecule has 0 spiro atoms. The van der Waals surface area contributed by atoms with E-state index >= 15 is 0 Å². The Hall–Kier alpha value is -0.200. The van der Waals surface area contributed by atoms with Gasteiger partial charge in [-0.3, -0.25) is 0 Å². The fourth-order valence-electron chi connectivity index (χ4n) is 1.93. The van der Waals surface area contributed by atoms with E-state index in [1.165, 1.54) is 0 Å². The molecule has 0 aliphatic carbocycles. The molecule has 0 fully saturated rings. The molecule has 2 N–H and O–H groups in total. The van der Waals surface area contributed by atoms with Crippen molar-refractivity contribution in [2.24, 2.45) is 0 Å². The minimum Gasteiger partial charge on any atom is -0.393 e. The van der Waals surface area contributed by atoms with Gasteiger partial charge in [-0.1, -0.05) is 6.92 Å². The number of hydrogen-bond acceptors (Lipinski definition) is 5. The third-order valence-corrected chi connectivity index (χ3v) is 3.62. The molecular formula is C16H34O5. The maximum Gasteiger partial charge on any atom is 0.0805 e. The van der Waals surface area contributed by atoms with E-state index in [1.807, 2.05) is 20.8 Å². The van der Waals surface area contributed by atoms with E-state index in [0.717, 1.165) is 25.7 Å². The van der Waals surface area contributed by atoms with E-state index in [4.69, 9.17) is 14.2 Å². The van der Waals surface area contributed by atoms with Crippen molar-refractivity contribution in [3.63, 3.8) is 0 Å². The lowest BCUT2D eigenvalue weighted by Gasteiger charge is -2.21. The van der Waals surface area contributed by atoms with Crippen LogP contribution < -0.4 is 0 Å². The molecule has 21 heavy (non-hydrogen) atoms. The minimum atomic E-state index is -0.410. The molecule has 128 valence electrons. The average molecular weight is 306 g/mol. The van der Waals surface area contributed by atoms with Crippen LogP contribution in [-0.2, 0) is 14.2 Å². The second kappa shape index (κ2) is 13.5. The van der Waals surface area contributed by atoms with Gasteiger partial charge in [-0.05, 0) is 46.0 Å². The summed E-state index contributed by atoms with van der Waals surface area (Å²) in [6.45, 7) is 7.62. The van der Waals surface area contributed by atoms with Crippen molar-refractivity contribution in [3.8, 4) is 0 Å². The average Bonchev–Trinajstić information content (AvgIpc) is 2.47. The molecule has 0 aromatic carbocycles. The Balaban J connectivity index is 3.54. The van der Waals surface area contributed by atoms with E-state index in [9.17, 15) is 10.2 Å². The number of methoxy groups -OCH3 is 1. The zero-order valence-electron chi connectivity index (χ0n) is 14.1. The van der Waals surface area contributed by atoms with Crippen LogP contribution >= 0.6 is 0 Å². The molecular weight excluding hydrogens is 272 g/mol. The van der Waals surface area contributed by atoms with Crippen molar-refractivity contribution in [1.29, 1.82) is 0 Å². The van der Waals surface area contributed by atoms with Crippen molar-refractivity contribution >= 4 is 0 Å². The van der Waals surface area contributed by atoms with Crippen molar-refractivity contribution in [2.75, 3.05) is 26.9 Å². The molecule has 0 amide bonds. The van der Waals surface area contributed by atoms with Crippen LogP contribution in [0.2, 0.25) is 0 Å². The van der Waals surface area contributed by atoms with Gasteiger partial charge < -0.3 is 24.4 Å². The van der Waals surface area contributed by atoms with E-state index in [-0.39, 0.29) is 18.3 Å². The number of aliphatic hydroxyl groups is 2. The predicted octanol–water partition coefficient (Wildman–Crippen LogP) is 2.14. The van der Waals surface area contributed by atoms with Gasteiger partial charge in [-0.15, -0.1) is 0 Å². The number of aliphatic hydroxyl groups excluding tert-OH is 2. The highest BCUT2D eigenvalue weighted by atomic mass is 16.5. The Bertz CT molecular complexity index is 225. The first-order valence-corrected chi connectivity index (χ1v) is 8.09. The van der Waals surface area contributed by atoms with Gasteiger partial charge in [0.1, 0.15) is 0 Å². The Kier molecular flexibility index (Phi) is 13.3. The summed E-state index contributed by atoms with van der Waals surface area (Å²) in [7, 11) is 1.58. The van der Waals surface area contributed by atoms with Crippen LogP contribution in [0, 0.1) is 0 Å². The summed E-state index contributed by atoms with van der Waals surface area (Å²) >= 11 is 0. The molecule has 4 atom stereocenters. The Morgan fingerprint density at radius 1 is 0.857 bits per heavy atom. The molecule has 0 saturated carbocycles. The van der Waals surface area contributed by atoms with Crippen LogP contribution in [0.25, 0.3) is 0 Å². The van der Waals surface area contributed by atoms with Crippen LogP contribution in [0.1, 0.15) is 52.9 Å². The maximum absolute atomic E-state index is 9.51. The lowest BCUT2D eigenvalue weighted by atomic mass is 10.1. The van der Waals surface area contributed by atoms with Gasteiger partial charge in [-0.25, -0.2) is 0 Å². The van der Waals surface area contributed by atoms with Gasteiger partial charge in [0.15, 0.2) is 0 Å². The molecule has 5 heteroatoms. The van der Waals surface area contributed by atoms with Crippen LogP contribution in [0.5, 0.6) is 0 Å². The van der Waals surface area contributed by atoms with Crippen molar-refractivity contribution in [2.45, 2.75) is 77.3 Å². The Morgan fingerprint density at radius 3 is 1.76 bits per heavy atom. The summed E-state index contributed by atoms with van der Waals surface area (Å²) in [6.07, 6.45) is 3.39. The fourth-order valence-corrected chi connectivity index (χ4v) is 1.93. The normalized spacial score (nSPS) is 17.4. The maximum atomic E-state index is 9.51. The van der Waals surface area contributed by atoms with Gasteiger partial charge in [0.2, 0.25) is 0 Å². The molecule has 0 aromatic heterocycles. The van der Waals surface area contributed by atoms with Gasteiger partial charge in [-0.2, -0.15) is 0 Å². The molecule has 0 aliphatic rings. The third-order valence-electron chi connectivity index (χ3n) is 3.62. The smallest absolute Gasteiger partial charge is 0.0805 e. The van der Waals surface area contributed by atoms with Crippen LogP contribution in [-0.4, -0.2) is 61.6 Å². The van der Waals surface area contributed by atoms with Crippen molar-refractivity contribution in [1.82, 2.24) is 0 Å². The van der Waals surface area contributed by atoms with Crippen molar-refractivity contribution < 1.29 is 24.4 Å². The first-order valence-electron chi connectivity index (χ1n) is 8.09. The summed E-state index contributed by atoms with van der Waals surface area (Å²) in [4.78, 5) is 0. The molecule has 0 rings (SSSR count). The number of rotatable bonds is 14. The molecule has 0 saturated heterocycles. The molecule has 0 aromatic rings. The Morgan fingerprint density at radius 2 is 1.33 bits per heavy atom. The largest absolute Gasteiger partial charge is 0.393 e. The lowest BCUT2D eigenvalue weighted by Crippen LogP contribution is -2.27. The Labute approximate surface area is 129 Å². The third kappa shape index (κ3) is 12.1. The first-order chi connectivity index (χ1) is 10.0. The standard InChI is InChI=1S/C16H34O5/c1-5-15(17)8-6-10-20-13(2)14(3)21-11-7-9-16(18)12-19-4/h13-18H,5-12H2,1-4H3. The molecule has 4 unspecified atom stereocenters. The highest BCUT2D eigenvalue weighted by molar-refractivity contribution is 4.62. The zero-order chi connectivity index (χ0) is 16.1. The molecule has 0 radical (unpaired) electrons. The van der Waals surface area contributed by atoms with E-state index in [2.05, 4.69) is 0 Å². The topological polar surface area (TPSA) is 68.2 Å². The molecule has 5 nitrogen and oxygen atoms in total. The lowest BCUT2D eigenvalue weighted by molar-refractivity contribution is -0.0609. The van der Waals surface area contributed by atoms with Gasteiger partial charge >= 0.3 is 0 Å². The number of ether oxygens (including phenoxy) is 3. The molecule has 0 bridgehead atoms. The summed E-state index contributed by atoms with van der Waals surface area (Å²) in [5, 5.41) is 19.0. The zero-order valence-corrected chi connectivity index (χ0v) is 14.1. The predicted molar refractivity (Wildman–Crippen MR) is 83.5 cm³/mol. The minimum absolute atomic E-state index is 0.0284. The summed E-state index contributed by atoms with van der Waals surface area (Å²) in [6, 6.07) is 0. The quantitative estimate of drug-likeness (QED) is 0.481. The van der Waals surface area contributed by atoms with Gasteiger partial charge in [0.05, 0.1) is 31.0 Å². The monoisotopic (exact) mass is 306 g/mol. The number of hydrogen-bond donors (Lipinski definition) is 2. The van der Waals surface area contributed by atoms with Crippen LogP contribution in [0.3, 0.4) is 0 Å². The van der Waals surface area contributed by atoms with E-state index in [0.29, 0.717) is 26.2 Å². The summed E-state index contributed by atoms with van der Waals surface area (Å²) in [5.41, 5.74) is 0. The highest BCUT2D eigenvalue weighted by Gasteiger charge is 2.13. The second-order valence-corrected chi connectivity index (χ2v) is 5.61. The molecule has 0 heterocycles. The van der Waals surface area contributed by atoms with E-state index in [1.54, 1.807) is 7.11 Å². The summed E-state index contributed by atoms with van der Waals surface area (Å²) < 4.78 is 16.3. The van der Waals surface area contributed by atoms with Crippen LogP contribution in [0.15, 0.2) is 0 Å². The SMILES string of the molecule is CCC(O)CCCOC(C)C(C)OCCCC(O)COC. The highest BCUT2D eigenvalue weighted by Crippen LogP contribution is 2.08. The summed E-state index contributed by atoms with van der Waals surface area (Å²) in [5.74, 6) is 0. The second-order valence-electron chi connectivity index (χ2n) is 5.61. The molecule has 0 aliphatic heterocycles. The van der Waals surface area contributed by atoms with Crippen molar-refractivity contribution in [3.05, 3.63) is 0 Å².